The Balaban J connectivity index is 0.000000686. The number of benzene rings is 1. The van der Waals surface area contributed by atoms with Crippen molar-refractivity contribution in [2.45, 2.75) is 13.8 Å². The van der Waals surface area contributed by atoms with Gasteiger partial charge in [-0.2, -0.15) is 0 Å². The van der Waals surface area contributed by atoms with Gasteiger partial charge in [-0.15, -0.1) is 0 Å². The van der Waals surface area contributed by atoms with E-state index in [2.05, 4.69) is 9.97 Å². The molecule has 0 aliphatic heterocycles. The van der Waals surface area contributed by atoms with Gasteiger partial charge in [-0.1, -0.05) is 44.2 Å². The summed E-state index contributed by atoms with van der Waals surface area (Å²) in [5.41, 5.74) is 1.12. The fraction of sp³-hybridized carbons (Fsp3) is 0.154. The van der Waals surface area contributed by atoms with E-state index in [4.69, 9.17) is 5.11 Å². The van der Waals surface area contributed by atoms with Crippen LogP contribution in [0.4, 0.5) is 0 Å². The van der Waals surface area contributed by atoms with Crippen LogP contribution in [0.5, 0.6) is 0 Å². The Kier molecular flexibility index (Phi) is 4.81. The van der Waals surface area contributed by atoms with E-state index < -0.39 is 5.97 Å². The minimum atomic E-state index is -1.07. The zero-order valence-electron chi connectivity index (χ0n) is 9.79. The summed E-state index contributed by atoms with van der Waals surface area (Å²) in [6.45, 7) is 4.00. The molecule has 0 amide bonds. The summed E-state index contributed by atoms with van der Waals surface area (Å²) in [6, 6.07) is 9.12. The highest BCUT2D eigenvalue weighted by molar-refractivity contribution is 5.92. The van der Waals surface area contributed by atoms with Crippen LogP contribution < -0.4 is 0 Å². The van der Waals surface area contributed by atoms with Crippen molar-refractivity contribution in [3.05, 3.63) is 48.4 Å². The molecule has 1 heterocycles. The van der Waals surface area contributed by atoms with Crippen molar-refractivity contribution in [3.63, 3.8) is 0 Å². The third-order valence-corrected chi connectivity index (χ3v) is 1.95. The molecule has 1 aromatic heterocycles. The number of carboxylic acids is 1. The molecule has 0 saturated heterocycles. The summed E-state index contributed by atoms with van der Waals surface area (Å²) >= 11 is 0. The molecule has 88 valence electrons. The van der Waals surface area contributed by atoms with Gasteiger partial charge < -0.3 is 5.11 Å². The van der Waals surface area contributed by atoms with Crippen LogP contribution in [0.1, 0.15) is 24.3 Å². The van der Waals surface area contributed by atoms with Gasteiger partial charge in [0.15, 0.2) is 5.69 Å². The second kappa shape index (κ2) is 6.37. The van der Waals surface area contributed by atoms with E-state index in [0.29, 0.717) is 5.69 Å². The molecule has 0 saturated carbocycles. The van der Waals surface area contributed by atoms with E-state index in [1.54, 1.807) is 12.1 Å². The second-order valence-electron chi connectivity index (χ2n) is 2.92. The molecular formula is C13H14N2O2. The third kappa shape index (κ3) is 3.11. The molecule has 0 aliphatic carbocycles. The molecule has 2 rings (SSSR count). The molecule has 17 heavy (non-hydrogen) atoms. The fourth-order valence-corrected chi connectivity index (χ4v) is 1.30. The van der Waals surface area contributed by atoms with Gasteiger partial charge in [0.05, 0.1) is 0 Å². The van der Waals surface area contributed by atoms with Gasteiger partial charge >= 0.3 is 5.97 Å². The molecule has 4 nitrogen and oxygen atoms in total. The highest BCUT2D eigenvalue weighted by Crippen LogP contribution is 2.18. The summed E-state index contributed by atoms with van der Waals surface area (Å²) in [4.78, 5) is 18.7. The van der Waals surface area contributed by atoms with Gasteiger partial charge in [0, 0.05) is 18.0 Å². The second-order valence-corrected chi connectivity index (χ2v) is 2.92. The summed E-state index contributed by atoms with van der Waals surface area (Å²) in [5.74, 6) is -1.07. The van der Waals surface area contributed by atoms with E-state index >= 15 is 0 Å². The average Bonchev–Trinajstić information content (AvgIpc) is 2.42. The SMILES string of the molecule is CC.O=C(O)c1nccnc1-c1ccccc1. The van der Waals surface area contributed by atoms with Gasteiger partial charge in [-0.05, 0) is 0 Å². The molecular weight excluding hydrogens is 216 g/mol. The molecule has 0 bridgehead atoms. The van der Waals surface area contributed by atoms with Crippen molar-refractivity contribution in [2.75, 3.05) is 0 Å². The monoisotopic (exact) mass is 230 g/mol. The average molecular weight is 230 g/mol. The molecule has 0 radical (unpaired) electrons. The Morgan fingerprint density at radius 3 is 2.24 bits per heavy atom. The van der Waals surface area contributed by atoms with E-state index in [1.807, 2.05) is 32.0 Å². The maximum absolute atomic E-state index is 10.9. The van der Waals surface area contributed by atoms with Crippen LogP contribution in [0.3, 0.4) is 0 Å². The molecule has 4 heteroatoms. The van der Waals surface area contributed by atoms with E-state index in [-0.39, 0.29) is 5.69 Å². The standard InChI is InChI=1S/C11H8N2O2.C2H6/c14-11(15)10-9(12-6-7-13-10)8-4-2-1-3-5-8;1-2/h1-7H,(H,14,15);1-2H3. The van der Waals surface area contributed by atoms with Crippen molar-refractivity contribution in [3.8, 4) is 11.3 Å². The van der Waals surface area contributed by atoms with Gasteiger partial charge in [0.1, 0.15) is 5.69 Å². The van der Waals surface area contributed by atoms with Crippen LogP contribution in [-0.2, 0) is 0 Å². The predicted octanol–water partition coefficient (Wildman–Crippen LogP) is 2.87. The Bertz CT molecular complexity index is 484. The van der Waals surface area contributed by atoms with Crippen LogP contribution in [0.2, 0.25) is 0 Å². The van der Waals surface area contributed by atoms with Gasteiger partial charge in [0.2, 0.25) is 0 Å². The number of aromatic nitrogens is 2. The fourth-order valence-electron chi connectivity index (χ4n) is 1.30. The molecule has 0 spiro atoms. The number of carboxylic acid groups (broad SMARTS) is 1. The molecule has 1 N–H and O–H groups in total. The number of nitrogens with zero attached hydrogens (tertiary/aromatic N) is 2. The lowest BCUT2D eigenvalue weighted by molar-refractivity contribution is 0.0691. The third-order valence-electron chi connectivity index (χ3n) is 1.95. The largest absolute Gasteiger partial charge is 0.476 e. The first-order valence-corrected chi connectivity index (χ1v) is 5.39. The lowest BCUT2D eigenvalue weighted by Crippen LogP contribution is -2.04. The number of rotatable bonds is 2. The smallest absolute Gasteiger partial charge is 0.356 e. The zero-order valence-corrected chi connectivity index (χ0v) is 9.79. The first-order chi connectivity index (χ1) is 8.29. The van der Waals surface area contributed by atoms with Crippen LogP contribution in [0, 0.1) is 0 Å². The molecule has 2 aromatic rings. The number of carbonyl (C=O) groups is 1. The van der Waals surface area contributed by atoms with E-state index in [1.165, 1.54) is 12.4 Å². The molecule has 0 unspecified atom stereocenters. The van der Waals surface area contributed by atoms with Crippen molar-refractivity contribution < 1.29 is 9.90 Å². The van der Waals surface area contributed by atoms with Crippen molar-refractivity contribution in [1.82, 2.24) is 9.97 Å². The normalized spacial score (nSPS) is 9.06. The Labute approximate surface area is 100.0 Å². The first-order valence-electron chi connectivity index (χ1n) is 5.39. The van der Waals surface area contributed by atoms with E-state index in [0.717, 1.165) is 5.56 Å². The van der Waals surface area contributed by atoms with Crippen molar-refractivity contribution in [1.29, 1.82) is 0 Å². The first kappa shape index (κ1) is 12.8. The summed E-state index contributed by atoms with van der Waals surface area (Å²) in [5, 5.41) is 8.92. The molecule has 1 aromatic carbocycles. The van der Waals surface area contributed by atoms with Crippen LogP contribution >= 0.6 is 0 Å². The number of aromatic carboxylic acids is 1. The number of hydrogen-bond acceptors (Lipinski definition) is 3. The lowest BCUT2D eigenvalue weighted by Gasteiger charge is -2.02. The highest BCUT2D eigenvalue weighted by Gasteiger charge is 2.13. The minimum Gasteiger partial charge on any atom is -0.476 e. The van der Waals surface area contributed by atoms with E-state index in [9.17, 15) is 4.79 Å². The summed E-state index contributed by atoms with van der Waals surface area (Å²) in [7, 11) is 0. The Hall–Kier alpha value is -2.23. The lowest BCUT2D eigenvalue weighted by atomic mass is 10.1. The van der Waals surface area contributed by atoms with Gasteiger partial charge in [-0.25, -0.2) is 9.78 Å². The summed E-state index contributed by atoms with van der Waals surface area (Å²) < 4.78 is 0. The minimum absolute atomic E-state index is 0.0244. The van der Waals surface area contributed by atoms with Gasteiger partial charge in [-0.3, -0.25) is 4.98 Å². The molecule has 0 aliphatic rings. The summed E-state index contributed by atoms with van der Waals surface area (Å²) in [6.07, 6.45) is 2.85. The van der Waals surface area contributed by atoms with Crippen LogP contribution in [0.15, 0.2) is 42.7 Å². The molecule has 0 atom stereocenters. The maximum Gasteiger partial charge on any atom is 0.356 e. The van der Waals surface area contributed by atoms with Crippen molar-refractivity contribution >= 4 is 5.97 Å². The maximum atomic E-state index is 10.9. The topological polar surface area (TPSA) is 63.1 Å². The Morgan fingerprint density at radius 2 is 1.65 bits per heavy atom. The quantitative estimate of drug-likeness (QED) is 0.861. The highest BCUT2D eigenvalue weighted by atomic mass is 16.4. The predicted molar refractivity (Wildman–Crippen MR) is 65.8 cm³/mol. The molecule has 0 fully saturated rings. The Morgan fingerprint density at radius 1 is 1.06 bits per heavy atom. The zero-order chi connectivity index (χ0) is 12.7. The van der Waals surface area contributed by atoms with Crippen LogP contribution in [-0.4, -0.2) is 21.0 Å². The van der Waals surface area contributed by atoms with Crippen LogP contribution in [0.25, 0.3) is 11.3 Å². The number of hydrogen-bond donors (Lipinski definition) is 1. The van der Waals surface area contributed by atoms with Gasteiger partial charge in [0.25, 0.3) is 0 Å². The van der Waals surface area contributed by atoms with Crippen molar-refractivity contribution in [2.24, 2.45) is 0 Å².